The lowest BCUT2D eigenvalue weighted by molar-refractivity contribution is 0.337. The van der Waals surface area contributed by atoms with Gasteiger partial charge in [0.1, 0.15) is 5.75 Å². The molecule has 3 aromatic carbocycles. The Kier molecular flexibility index (Phi) is 4.65. The van der Waals surface area contributed by atoms with Gasteiger partial charge >= 0.3 is 5.95 Å². The van der Waals surface area contributed by atoms with E-state index in [-0.39, 0.29) is 11.6 Å². The number of aliphatic imine (C=N–C) groups is 1. The number of rotatable bonds is 5. The SMILES string of the molecule is CCOc1ccc2nc(N=Cc3nc(-c4cccc5ccccc45)oc3O)sc2c1. The lowest BCUT2D eigenvalue weighted by Crippen LogP contribution is -1.89. The van der Waals surface area contributed by atoms with Gasteiger partial charge in [-0.25, -0.2) is 15.0 Å². The predicted octanol–water partition coefficient (Wildman–Crippen LogP) is 5.96. The second-order valence-corrected chi connectivity index (χ2v) is 7.56. The number of ether oxygens (including phenoxy) is 1. The first-order valence-electron chi connectivity index (χ1n) is 9.46. The minimum Gasteiger partial charge on any atom is -0.494 e. The highest BCUT2D eigenvalue weighted by molar-refractivity contribution is 7.22. The summed E-state index contributed by atoms with van der Waals surface area (Å²) in [5.41, 5.74) is 1.91. The Bertz CT molecular complexity index is 1380. The summed E-state index contributed by atoms with van der Waals surface area (Å²) in [5.74, 6) is 0.871. The summed E-state index contributed by atoms with van der Waals surface area (Å²) in [6, 6.07) is 19.6. The molecular formula is C23H17N3O3S. The van der Waals surface area contributed by atoms with Crippen LogP contribution in [-0.4, -0.2) is 27.9 Å². The lowest BCUT2D eigenvalue weighted by Gasteiger charge is -2.01. The minimum atomic E-state index is -0.276. The molecule has 148 valence electrons. The molecule has 0 aliphatic carbocycles. The molecule has 0 spiro atoms. The topological polar surface area (TPSA) is 80.7 Å². The predicted molar refractivity (Wildman–Crippen MR) is 119 cm³/mol. The van der Waals surface area contributed by atoms with E-state index in [1.807, 2.05) is 67.6 Å². The first-order valence-corrected chi connectivity index (χ1v) is 10.3. The molecule has 0 unspecified atom stereocenters. The van der Waals surface area contributed by atoms with E-state index in [0.717, 1.165) is 32.3 Å². The molecule has 0 fully saturated rings. The van der Waals surface area contributed by atoms with Crippen LogP contribution in [0.5, 0.6) is 11.7 Å². The zero-order chi connectivity index (χ0) is 20.5. The molecule has 2 heterocycles. The Labute approximate surface area is 176 Å². The Morgan fingerprint density at radius 3 is 2.87 bits per heavy atom. The fourth-order valence-electron chi connectivity index (χ4n) is 3.26. The molecule has 30 heavy (non-hydrogen) atoms. The molecule has 7 heteroatoms. The van der Waals surface area contributed by atoms with Crippen LogP contribution in [0.2, 0.25) is 0 Å². The molecule has 0 aliphatic heterocycles. The van der Waals surface area contributed by atoms with Gasteiger partial charge in [-0.15, -0.1) is 0 Å². The van der Waals surface area contributed by atoms with E-state index in [0.29, 0.717) is 17.6 Å². The number of benzene rings is 3. The highest BCUT2D eigenvalue weighted by Crippen LogP contribution is 2.33. The summed E-state index contributed by atoms with van der Waals surface area (Å²) in [7, 11) is 0. The van der Waals surface area contributed by atoms with E-state index in [1.54, 1.807) is 0 Å². The number of aromatic hydroxyl groups is 1. The minimum absolute atomic E-state index is 0.257. The van der Waals surface area contributed by atoms with Crippen LogP contribution in [0.25, 0.3) is 32.4 Å². The van der Waals surface area contributed by atoms with Crippen molar-refractivity contribution in [2.75, 3.05) is 6.61 Å². The quantitative estimate of drug-likeness (QED) is 0.358. The molecule has 0 aliphatic rings. The van der Waals surface area contributed by atoms with Crippen molar-refractivity contribution < 1.29 is 14.3 Å². The zero-order valence-corrected chi connectivity index (χ0v) is 16.9. The smallest absolute Gasteiger partial charge is 0.312 e. The monoisotopic (exact) mass is 415 g/mol. The lowest BCUT2D eigenvalue weighted by atomic mass is 10.0. The average molecular weight is 415 g/mol. The van der Waals surface area contributed by atoms with Crippen molar-refractivity contribution >= 4 is 43.7 Å². The standard InChI is InChI=1S/C23H17N3O3S/c1-2-28-15-10-11-18-20(12-15)30-23(26-18)24-13-19-22(27)29-21(25-19)17-9-5-7-14-6-3-4-8-16(14)17/h3-13,27H,2H2,1H3. The average Bonchev–Trinajstić information content (AvgIpc) is 3.34. The van der Waals surface area contributed by atoms with Crippen LogP contribution in [-0.2, 0) is 0 Å². The molecule has 0 saturated heterocycles. The van der Waals surface area contributed by atoms with Crippen molar-refractivity contribution in [2.24, 2.45) is 4.99 Å². The Morgan fingerprint density at radius 1 is 1.10 bits per heavy atom. The Balaban J connectivity index is 1.46. The molecule has 5 rings (SSSR count). The summed E-state index contributed by atoms with van der Waals surface area (Å²) in [4.78, 5) is 13.3. The zero-order valence-electron chi connectivity index (χ0n) is 16.1. The van der Waals surface area contributed by atoms with Crippen molar-refractivity contribution in [3.05, 3.63) is 66.4 Å². The summed E-state index contributed by atoms with van der Waals surface area (Å²) >= 11 is 1.44. The molecule has 2 aromatic heterocycles. The van der Waals surface area contributed by atoms with Gasteiger partial charge in [0.2, 0.25) is 11.0 Å². The van der Waals surface area contributed by atoms with Crippen LogP contribution < -0.4 is 4.74 Å². The highest BCUT2D eigenvalue weighted by atomic mass is 32.1. The van der Waals surface area contributed by atoms with E-state index >= 15 is 0 Å². The van der Waals surface area contributed by atoms with Crippen LogP contribution >= 0.6 is 11.3 Å². The van der Waals surface area contributed by atoms with Gasteiger partial charge in [0.25, 0.3) is 0 Å². The van der Waals surface area contributed by atoms with Crippen molar-refractivity contribution in [2.45, 2.75) is 6.92 Å². The molecule has 5 aromatic rings. The fraction of sp³-hybridized carbons (Fsp3) is 0.0870. The fourth-order valence-corrected chi connectivity index (χ4v) is 4.10. The number of hydrogen-bond donors (Lipinski definition) is 1. The summed E-state index contributed by atoms with van der Waals surface area (Å²) in [6.45, 7) is 2.56. The van der Waals surface area contributed by atoms with E-state index < -0.39 is 0 Å². The number of aromatic nitrogens is 2. The van der Waals surface area contributed by atoms with Crippen molar-refractivity contribution in [3.8, 4) is 23.1 Å². The number of fused-ring (bicyclic) bond motifs is 2. The number of hydrogen-bond acceptors (Lipinski definition) is 7. The van der Waals surface area contributed by atoms with E-state index in [2.05, 4.69) is 15.0 Å². The molecule has 0 amide bonds. The van der Waals surface area contributed by atoms with Gasteiger partial charge in [-0.05, 0) is 42.0 Å². The van der Waals surface area contributed by atoms with Gasteiger partial charge in [0.05, 0.1) is 23.0 Å². The van der Waals surface area contributed by atoms with E-state index in [1.165, 1.54) is 17.6 Å². The van der Waals surface area contributed by atoms with Crippen molar-refractivity contribution in [1.29, 1.82) is 0 Å². The number of nitrogens with zero attached hydrogens (tertiary/aromatic N) is 3. The molecule has 0 saturated carbocycles. The van der Waals surface area contributed by atoms with Crippen LogP contribution in [0.15, 0.2) is 70.1 Å². The van der Waals surface area contributed by atoms with Gasteiger partial charge < -0.3 is 14.3 Å². The summed E-state index contributed by atoms with van der Waals surface area (Å²) in [6.07, 6.45) is 1.47. The second-order valence-electron chi connectivity index (χ2n) is 6.55. The Morgan fingerprint density at radius 2 is 1.97 bits per heavy atom. The molecule has 0 atom stereocenters. The number of thiazole rings is 1. The van der Waals surface area contributed by atoms with Crippen molar-refractivity contribution in [3.63, 3.8) is 0 Å². The maximum absolute atomic E-state index is 10.2. The van der Waals surface area contributed by atoms with E-state index in [9.17, 15) is 5.11 Å². The van der Waals surface area contributed by atoms with Crippen LogP contribution in [0.3, 0.4) is 0 Å². The number of oxazole rings is 1. The third-order valence-electron chi connectivity index (χ3n) is 4.61. The third-order valence-corrected chi connectivity index (χ3v) is 5.54. The Hall–Kier alpha value is -3.71. The summed E-state index contributed by atoms with van der Waals surface area (Å²) < 4.78 is 12.0. The largest absolute Gasteiger partial charge is 0.494 e. The van der Waals surface area contributed by atoms with Crippen LogP contribution in [0.1, 0.15) is 12.6 Å². The molecule has 0 bridgehead atoms. The third kappa shape index (κ3) is 3.40. The van der Waals surface area contributed by atoms with Gasteiger partial charge in [0.15, 0.2) is 5.69 Å². The summed E-state index contributed by atoms with van der Waals surface area (Å²) in [5, 5.41) is 12.9. The molecule has 0 radical (unpaired) electrons. The second kappa shape index (κ2) is 7.61. The van der Waals surface area contributed by atoms with Crippen LogP contribution in [0, 0.1) is 0 Å². The van der Waals surface area contributed by atoms with Crippen LogP contribution in [0.4, 0.5) is 5.13 Å². The molecule has 6 nitrogen and oxygen atoms in total. The van der Waals surface area contributed by atoms with Crippen molar-refractivity contribution in [1.82, 2.24) is 9.97 Å². The molecular weight excluding hydrogens is 398 g/mol. The normalized spacial score (nSPS) is 11.6. The maximum Gasteiger partial charge on any atom is 0.312 e. The van der Waals surface area contributed by atoms with Gasteiger partial charge in [-0.1, -0.05) is 47.7 Å². The van der Waals surface area contributed by atoms with Gasteiger partial charge in [0, 0.05) is 5.56 Å². The van der Waals surface area contributed by atoms with E-state index in [4.69, 9.17) is 9.15 Å². The molecule has 1 N–H and O–H groups in total. The highest BCUT2D eigenvalue weighted by Gasteiger charge is 2.15. The first-order chi connectivity index (χ1) is 14.7. The van der Waals surface area contributed by atoms with Gasteiger partial charge in [-0.3, -0.25) is 0 Å². The first kappa shape index (κ1) is 18.3. The maximum atomic E-state index is 10.2. The van der Waals surface area contributed by atoms with Gasteiger partial charge in [-0.2, -0.15) is 0 Å².